The van der Waals surface area contributed by atoms with E-state index in [9.17, 15) is 0 Å². The lowest BCUT2D eigenvalue weighted by atomic mass is 10.1. The van der Waals surface area contributed by atoms with Crippen LogP contribution in [-0.2, 0) is 0 Å². The van der Waals surface area contributed by atoms with Crippen LogP contribution in [0.3, 0.4) is 0 Å². The van der Waals surface area contributed by atoms with Crippen LogP contribution in [0.1, 0.15) is 31.2 Å². The Kier molecular flexibility index (Phi) is 4.47. The average Bonchev–Trinajstić information content (AvgIpc) is 2.66. The number of oxime groups is 1. The van der Waals surface area contributed by atoms with E-state index in [1.807, 2.05) is 18.2 Å². The molecule has 1 aliphatic rings. The van der Waals surface area contributed by atoms with Gasteiger partial charge >= 0.3 is 0 Å². The van der Waals surface area contributed by atoms with Crippen LogP contribution in [0.15, 0.2) is 27.8 Å². The lowest BCUT2D eigenvalue weighted by Gasteiger charge is -2.24. The topological polar surface area (TPSA) is 61.9 Å². The molecule has 0 atom stereocenters. The van der Waals surface area contributed by atoms with E-state index in [1.165, 1.54) is 31.4 Å². The van der Waals surface area contributed by atoms with Gasteiger partial charge in [0.25, 0.3) is 0 Å². The molecule has 3 N–H and O–H groups in total. The molecule has 18 heavy (non-hydrogen) atoms. The molecule has 1 aliphatic heterocycles. The second-order valence-electron chi connectivity index (χ2n) is 4.55. The summed E-state index contributed by atoms with van der Waals surface area (Å²) in [6.45, 7) is 2.20. The molecule has 0 amide bonds. The third kappa shape index (κ3) is 2.96. The Hall–Kier alpha value is -1.23. The minimum Gasteiger partial charge on any atom is -0.409 e. The van der Waals surface area contributed by atoms with Crippen molar-refractivity contribution in [1.82, 2.24) is 0 Å². The highest BCUT2D eigenvalue weighted by molar-refractivity contribution is 9.10. The molecule has 1 aromatic carbocycles. The fourth-order valence-electron chi connectivity index (χ4n) is 2.29. The Balaban J connectivity index is 2.23. The molecule has 0 spiro atoms. The van der Waals surface area contributed by atoms with Crippen LogP contribution in [0.4, 0.5) is 5.69 Å². The average molecular weight is 312 g/mol. The molecule has 0 aromatic heterocycles. The van der Waals surface area contributed by atoms with Crippen molar-refractivity contribution in [2.75, 3.05) is 18.0 Å². The molecule has 1 heterocycles. The molecule has 0 radical (unpaired) electrons. The fourth-order valence-corrected chi connectivity index (χ4v) is 2.92. The first kappa shape index (κ1) is 13.2. The van der Waals surface area contributed by atoms with E-state index in [1.54, 1.807) is 0 Å². The molecule has 2 rings (SSSR count). The van der Waals surface area contributed by atoms with Gasteiger partial charge in [-0.2, -0.15) is 0 Å². The van der Waals surface area contributed by atoms with Gasteiger partial charge in [0.1, 0.15) is 0 Å². The molecule has 0 unspecified atom stereocenters. The zero-order valence-electron chi connectivity index (χ0n) is 10.3. The van der Waals surface area contributed by atoms with Gasteiger partial charge in [0.05, 0.1) is 5.69 Å². The molecule has 5 heteroatoms. The second kappa shape index (κ2) is 6.09. The number of nitrogens with two attached hydrogens (primary N) is 1. The summed E-state index contributed by atoms with van der Waals surface area (Å²) in [5, 5.41) is 11.7. The number of hydrogen-bond donors (Lipinski definition) is 2. The lowest BCUT2D eigenvalue weighted by molar-refractivity contribution is 0.318. The molecule has 0 aliphatic carbocycles. The molecule has 1 fully saturated rings. The fraction of sp³-hybridized carbons (Fsp3) is 0.462. The van der Waals surface area contributed by atoms with Crippen LogP contribution in [0.5, 0.6) is 0 Å². The maximum atomic E-state index is 8.67. The Bertz CT molecular complexity index is 440. The predicted molar refractivity (Wildman–Crippen MR) is 77.3 cm³/mol. The number of benzene rings is 1. The monoisotopic (exact) mass is 311 g/mol. The quantitative estimate of drug-likeness (QED) is 0.382. The van der Waals surface area contributed by atoms with Crippen molar-refractivity contribution in [2.45, 2.75) is 25.7 Å². The number of nitrogens with zero attached hydrogens (tertiary/aromatic N) is 2. The van der Waals surface area contributed by atoms with Crippen LogP contribution < -0.4 is 10.6 Å². The van der Waals surface area contributed by atoms with Gasteiger partial charge in [-0.3, -0.25) is 0 Å². The van der Waals surface area contributed by atoms with Gasteiger partial charge in [-0.15, -0.1) is 0 Å². The molecular weight excluding hydrogens is 294 g/mol. The molecular formula is C13H18BrN3O. The van der Waals surface area contributed by atoms with Crippen molar-refractivity contribution in [3.8, 4) is 0 Å². The number of amidine groups is 1. The third-order valence-corrected chi connectivity index (χ3v) is 3.93. The lowest BCUT2D eigenvalue weighted by Crippen LogP contribution is -2.24. The predicted octanol–water partition coefficient (Wildman–Crippen LogP) is 2.92. The van der Waals surface area contributed by atoms with Crippen molar-refractivity contribution in [1.29, 1.82) is 0 Å². The summed E-state index contributed by atoms with van der Waals surface area (Å²) in [6.07, 6.45) is 5.12. The highest BCUT2D eigenvalue weighted by Crippen LogP contribution is 2.29. The number of halogens is 1. The molecule has 98 valence electrons. The smallest absolute Gasteiger partial charge is 0.170 e. The standard InChI is InChI=1S/C13H18BrN3O/c14-11-9-10(13(15)16-18)5-6-12(11)17-7-3-1-2-4-8-17/h5-6,9,18H,1-4,7-8H2,(H2,15,16). The van der Waals surface area contributed by atoms with E-state index in [4.69, 9.17) is 10.9 Å². The van der Waals surface area contributed by atoms with Gasteiger partial charge in [0, 0.05) is 23.1 Å². The molecule has 1 saturated heterocycles. The van der Waals surface area contributed by atoms with Gasteiger partial charge in [-0.25, -0.2) is 0 Å². The minimum atomic E-state index is 0.137. The first-order valence-electron chi connectivity index (χ1n) is 6.25. The summed E-state index contributed by atoms with van der Waals surface area (Å²) < 4.78 is 0.994. The summed E-state index contributed by atoms with van der Waals surface area (Å²) in [6, 6.07) is 5.82. The van der Waals surface area contributed by atoms with Gasteiger partial charge in [-0.05, 0) is 47.0 Å². The normalized spacial score (nSPS) is 17.6. The van der Waals surface area contributed by atoms with Crippen LogP contribution in [0.25, 0.3) is 0 Å². The number of hydrogen-bond acceptors (Lipinski definition) is 3. The van der Waals surface area contributed by atoms with Gasteiger partial charge in [-0.1, -0.05) is 18.0 Å². The first-order chi connectivity index (χ1) is 8.72. The molecule has 4 nitrogen and oxygen atoms in total. The van der Waals surface area contributed by atoms with Crippen LogP contribution in [0.2, 0.25) is 0 Å². The SMILES string of the molecule is N/C(=N/O)c1ccc(N2CCCCCC2)c(Br)c1. The van der Waals surface area contributed by atoms with Crippen LogP contribution >= 0.6 is 15.9 Å². The Morgan fingerprint density at radius 1 is 1.22 bits per heavy atom. The summed E-state index contributed by atoms with van der Waals surface area (Å²) in [7, 11) is 0. The van der Waals surface area contributed by atoms with Crippen LogP contribution in [-0.4, -0.2) is 24.1 Å². The zero-order chi connectivity index (χ0) is 13.0. The first-order valence-corrected chi connectivity index (χ1v) is 7.04. The maximum absolute atomic E-state index is 8.67. The van der Waals surface area contributed by atoms with E-state index in [-0.39, 0.29) is 5.84 Å². The highest BCUT2D eigenvalue weighted by atomic mass is 79.9. The largest absolute Gasteiger partial charge is 0.409 e. The highest BCUT2D eigenvalue weighted by Gasteiger charge is 2.13. The van der Waals surface area contributed by atoms with Crippen molar-refractivity contribution in [3.05, 3.63) is 28.2 Å². The summed E-state index contributed by atoms with van der Waals surface area (Å²) in [5.41, 5.74) is 7.49. The molecule has 0 saturated carbocycles. The van der Waals surface area contributed by atoms with E-state index in [0.717, 1.165) is 23.1 Å². The second-order valence-corrected chi connectivity index (χ2v) is 5.41. The molecule has 1 aromatic rings. The van der Waals surface area contributed by atoms with Crippen molar-refractivity contribution < 1.29 is 5.21 Å². The van der Waals surface area contributed by atoms with Crippen molar-refractivity contribution in [2.24, 2.45) is 10.9 Å². The Morgan fingerprint density at radius 2 is 1.89 bits per heavy atom. The third-order valence-electron chi connectivity index (χ3n) is 3.30. The summed E-state index contributed by atoms with van der Waals surface area (Å²) >= 11 is 3.57. The van der Waals surface area contributed by atoms with E-state index in [0.29, 0.717) is 0 Å². The van der Waals surface area contributed by atoms with Gasteiger partial charge < -0.3 is 15.8 Å². The minimum absolute atomic E-state index is 0.137. The number of anilines is 1. The molecule has 0 bridgehead atoms. The summed E-state index contributed by atoms with van der Waals surface area (Å²) in [4.78, 5) is 2.40. The zero-order valence-corrected chi connectivity index (χ0v) is 11.9. The van der Waals surface area contributed by atoms with E-state index < -0.39 is 0 Å². The Labute approximate surface area is 116 Å². The van der Waals surface area contributed by atoms with Crippen LogP contribution in [0, 0.1) is 0 Å². The number of rotatable bonds is 2. The van der Waals surface area contributed by atoms with E-state index >= 15 is 0 Å². The van der Waals surface area contributed by atoms with Gasteiger partial charge in [0.2, 0.25) is 0 Å². The maximum Gasteiger partial charge on any atom is 0.170 e. The Morgan fingerprint density at radius 3 is 2.44 bits per heavy atom. The van der Waals surface area contributed by atoms with Crippen molar-refractivity contribution in [3.63, 3.8) is 0 Å². The summed E-state index contributed by atoms with van der Waals surface area (Å²) in [5.74, 6) is 0.137. The van der Waals surface area contributed by atoms with Crippen molar-refractivity contribution >= 4 is 27.5 Å². The van der Waals surface area contributed by atoms with Gasteiger partial charge in [0.15, 0.2) is 5.84 Å². The van der Waals surface area contributed by atoms with E-state index in [2.05, 4.69) is 26.0 Å².